The number of benzene rings is 1. The highest BCUT2D eigenvalue weighted by molar-refractivity contribution is 5.87. The van der Waals surface area contributed by atoms with Crippen LogP contribution >= 0.6 is 0 Å². The van der Waals surface area contributed by atoms with Crippen LogP contribution in [-0.2, 0) is 16.1 Å². The third-order valence-corrected chi connectivity index (χ3v) is 5.22. The van der Waals surface area contributed by atoms with Crippen LogP contribution in [0.4, 0.5) is 0 Å². The van der Waals surface area contributed by atoms with Crippen molar-refractivity contribution in [2.24, 2.45) is 5.41 Å². The third kappa shape index (κ3) is 3.31. The van der Waals surface area contributed by atoms with Crippen LogP contribution in [0.3, 0.4) is 0 Å². The smallest absolute Gasteiger partial charge is 0.236 e. The van der Waals surface area contributed by atoms with Crippen molar-refractivity contribution in [1.29, 1.82) is 0 Å². The average molecular weight is 329 g/mol. The Morgan fingerprint density at radius 1 is 1.25 bits per heavy atom. The lowest BCUT2D eigenvalue weighted by molar-refractivity contribution is -0.137. The van der Waals surface area contributed by atoms with E-state index in [1.165, 1.54) is 11.1 Å². The fraction of sp³-hybridized carbons (Fsp3) is 0.579. The van der Waals surface area contributed by atoms with Crippen LogP contribution in [-0.4, -0.2) is 66.8 Å². The van der Waals surface area contributed by atoms with Gasteiger partial charge in [0.25, 0.3) is 0 Å². The molecule has 0 saturated carbocycles. The fourth-order valence-electron chi connectivity index (χ4n) is 3.91. The molecule has 1 atom stereocenters. The number of rotatable bonds is 4. The van der Waals surface area contributed by atoms with Crippen molar-refractivity contribution in [3.8, 4) is 0 Å². The zero-order valence-corrected chi connectivity index (χ0v) is 14.9. The molecule has 0 N–H and O–H groups in total. The van der Waals surface area contributed by atoms with Gasteiger partial charge in [-0.2, -0.15) is 0 Å². The summed E-state index contributed by atoms with van der Waals surface area (Å²) in [6, 6.07) is 8.33. The second-order valence-corrected chi connectivity index (χ2v) is 7.55. The summed E-state index contributed by atoms with van der Waals surface area (Å²) in [5, 5.41) is 0. The highest BCUT2D eigenvalue weighted by atomic mass is 16.2. The monoisotopic (exact) mass is 329 g/mol. The van der Waals surface area contributed by atoms with Crippen LogP contribution in [0.5, 0.6) is 0 Å². The summed E-state index contributed by atoms with van der Waals surface area (Å²) < 4.78 is 0. The van der Waals surface area contributed by atoms with Crippen LogP contribution in [0.25, 0.3) is 0 Å². The molecule has 5 nitrogen and oxygen atoms in total. The molecule has 5 heteroatoms. The first-order valence-corrected chi connectivity index (χ1v) is 8.67. The molecule has 0 radical (unpaired) electrons. The van der Waals surface area contributed by atoms with Gasteiger partial charge < -0.3 is 14.7 Å². The van der Waals surface area contributed by atoms with Gasteiger partial charge in [-0.05, 0) is 39.4 Å². The molecular weight excluding hydrogens is 302 g/mol. The second-order valence-electron chi connectivity index (χ2n) is 7.55. The molecule has 2 amide bonds. The van der Waals surface area contributed by atoms with Crippen molar-refractivity contribution in [2.75, 3.05) is 40.3 Å². The minimum atomic E-state index is -0.341. The van der Waals surface area contributed by atoms with Gasteiger partial charge in [0, 0.05) is 26.2 Å². The van der Waals surface area contributed by atoms with Gasteiger partial charge in [-0.1, -0.05) is 29.8 Å². The summed E-state index contributed by atoms with van der Waals surface area (Å²) in [7, 11) is 3.79. The Morgan fingerprint density at radius 2 is 2.00 bits per heavy atom. The van der Waals surface area contributed by atoms with Gasteiger partial charge in [0.1, 0.15) is 0 Å². The maximum absolute atomic E-state index is 13.0. The number of likely N-dealkylation sites (tertiary alicyclic amines) is 2. The van der Waals surface area contributed by atoms with Crippen LogP contribution in [0.1, 0.15) is 24.0 Å². The molecule has 2 aliphatic heterocycles. The molecule has 2 saturated heterocycles. The predicted molar refractivity (Wildman–Crippen MR) is 93.4 cm³/mol. The predicted octanol–water partition coefficient (Wildman–Crippen LogP) is 1.51. The van der Waals surface area contributed by atoms with Crippen molar-refractivity contribution in [2.45, 2.75) is 26.3 Å². The SMILES string of the molecule is Cc1cccc(CN2CC[C@]3(CCN(C(=O)CN(C)C)C3)C2=O)c1. The van der Waals surface area contributed by atoms with E-state index in [0.717, 1.165) is 19.4 Å². The molecule has 3 rings (SSSR count). The van der Waals surface area contributed by atoms with Gasteiger partial charge in [-0.15, -0.1) is 0 Å². The molecule has 0 bridgehead atoms. The number of carbonyl (C=O) groups excluding carboxylic acids is 2. The molecule has 0 unspecified atom stereocenters. The van der Waals surface area contributed by atoms with E-state index in [9.17, 15) is 9.59 Å². The van der Waals surface area contributed by atoms with Crippen molar-refractivity contribution in [3.05, 3.63) is 35.4 Å². The lowest BCUT2D eigenvalue weighted by Gasteiger charge is -2.24. The van der Waals surface area contributed by atoms with Crippen LogP contribution in [0, 0.1) is 12.3 Å². The molecule has 0 aliphatic carbocycles. The standard InChI is InChI=1S/C19H27N3O2/c1-15-5-4-6-16(11-15)12-21-9-7-19(18(21)24)8-10-22(14-19)17(23)13-20(2)3/h4-6,11H,7-10,12-14H2,1-3H3/t19-/m1/s1. The fourth-order valence-corrected chi connectivity index (χ4v) is 3.91. The van der Waals surface area contributed by atoms with E-state index < -0.39 is 0 Å². The molecule has 130 valence electrons. The van der Waals surface area contributed by atoms with E-state index in [1.807, 2.05) is 34.9 Å². The molecule has 2 fully saturated rings. The zero-order valence-electron chi connectivity index (χ0n) is 14.9. The Morgan fingerprint density at radius 3 is 2.71 bits per heavy atom. The minimum absolute atomic E-state index is 0.127. The van der Waals surface area contributed by atoms with E-state index in [4.69, 9.17) is 0 Å². The molecule has 1 aromatic rings. The van der Waals surface area contributed by atoms with Crippen LogP contribution in [0.15, 0.2) is 24.3 Å². The van der Waals surface area contributed by atoms with Crippen molar-refractivity contribution < 1.29 is 9.59 Å². The van der Waals surface area contributed by atoms with Gasteiger partial charge in [-0.3, -0.25) is 9.59 Å². The summed E-state index contributed by atoms with van der Waals surface area (Å²) in [4.78, 5) is 31.0. The zero-order chi connectivity index (χ0) is 17.3. The van der Waals surface area contributed by atoms with Crippen molar-refractivity contribution in [1.82, 2.24) is 14.7 Å². The number of likely N-dealkylation sites (N-methyl/N-ethyl adjacent to an activating group) is 1. The number of carbonyl (C=O) groups is 2. The lowest BCUT2D eigenvalue weighted by atomic mass is 9.85. The highest BCUT2D eigenvalue weighted by Gasteiger charge is 2.51. The van der Waals surface area contributed by atoms with E-state index >= 15 is 0 Å². The summed E-state index contributed by atoms with van der Waals surface area (Å²) in [5.74, 6) is 0.353. The quantitative estimate of drug-likeness (QED) is 0.841. The molecular formula is C19H27N3O2. The van der Waals surface area contributed by atoms with Gasteiger partial charge in [-0.25, -0.2) is 0 Å². The van der Waals surface area contributed by atoms with Crippen molar-refractivity contribution in [3.63, 3.8) is 0 Å². The topological polar surface area (TPSA) is 43.9 Å². The lowest BCUT2D eigenvalue weighted by Crippen LogP contribution is -2.40. The summed E-state index contributed by atoms with van der Waals surface area (Å²) in [5.41, 5.74) is 2.06. The Bertz CT molecular complexity index is 643. The Balaban J connectivity index is 1.65. The van der Waals surface area contributed by atoms with E-state index in [2.05, 4.69) is 25.1 Å². The first kappa shape index (κ1) is 17.0. The molecule has 24 heavy (non-hydrogen) atoms. The van der Waals surface area contributed by atoms with Crippen LogP contribution < -0.4 is 0 Å². The number of hydrogen-bond acceptors (Lipinski definition) is 3. The molecule has 1 spiro atoms. The van der Waals surface area contributed by atoms with Gasteiger partial charge in [0.05, 0.1) is 12.0 Å². The maximum atomic E-state index is 13.0. The van der Waals surface area contributed by atoms with Gasteiger partial charge >= 0.3 is 0 Å². The Labute approximate surface area is 144 Å². The average Bonchev–Trinajstić information content (AvgIpc) is 3.07. The van der Waals surface area contributed by atoms with Crippen molar-refractivity contribution >= 4 is 11.8 Å². The summed E-state index contributed by atoms with van der Waals surface area (Å²) in [6.07, 6.45) is 1.67. The Hall–Kier alpha value is -1.88. The molecule has 2 heterocycles. The first-order valence-electron chi connectivity index (χ1n) is 8.67. The normalized spacial score (nSPS) is 23.8. The largest absolute Gasteiger partial charge is 0.340 e. The maximum Gasteiger partial charge on any atom is 0.236 e. The molecule has 1 aromatic carbocycles. The number of nitrogens with zero attached hydrogens (tertiary/aromatic N) is 3. The first-order chi connectivity index (χ1) is 11.4. The molecule has 0 aromatic heterocycles. The number of hydrogen-bond donors (Lipinski definition) is 0. The van der Waals surface area contributed by atoms with E-state index in [0.29, 0.717) is 26.2 Å². The summed E-state index contributed by atoms with van der Waals surface area (Å²) >= 11 is 0. The van der Waals surface area contributed by atoms with Crippen LogP contribution in [0.2, 0.25) is 0 Å². The number of amides is 2. The minimum Gasteiger partial charge on any atom is -0.340 e. The number of aryl methyl sites for hydroxylation is 1. The van der Waals surface area contributed by atoms with E-state index in [1.54, 1.807) is 0 Å². The van der Waals surface area contributed by atoms with Gasteiger partial charge in [0.2, 0.25) is 11.8 Å². The third-order valence-electron chi connectivity index (χ3n) is 5.22. The van der Waals surface area contributed by atoms with E-state index in [-0.39, 0.29) is 17.2 Å². The second kappa shape index (κ2) is 6.55. The summed E-state index contributed by atoms with van der Waals surface area (Å²) in [6.45, 7) is 5.25. The Kier molecular flexibility index (Phi) is 4.63. The van der Waals surface area contributed by atoms with Gasteiger partial charge in [0.15, 0.2) is 0 Å². The molecule has 2 aliphatic rings. The highest BCUT2D eigenvalue weighted by Crippen LogP contribution is 2.41.